The maximum absolute atomic E-state index is 13.7. The lowest BCUT2D eigenvalue weighted by atomic mass is 10.2. The van der Waals surface area contributed by atoms with Crippen LogP contribution >= 0.6 is 23.4 Å². The number of sulfonamides is 1. The summed E-state index contributed by atoms with van der Waals surface area (Å²) in [5.74, 6) is 0.0326. The van der Waals surface area contributed by atoms with E-state index in [1.807, 2.05) is 0 Å². The quantitative estimate of drug-likeness (QED) is 0.320. The lowest BCUT2D eigenvalue weighted by Crippen LogP contribution is -2.46. The number of rotatable bonds is 7. The molecule has 2 N–H and O–H groups in total. The largest absolute Gasteiger partial charge is 0.497 e. The number of ether oxygens (including phenoxy) is 1. The molecular weight excluding hydrogens is 554 g/mol. The minimum Gasteiger partial charge on any atom is -0.497 e. The molecule has 3 heterocycles. The number of hydrazine groups is 1. The molecule has 12 nitrogen and oxygen atoms in total. The lowest BCUT2D eigenvalue weighted by molar-refractivity contribution is -0.129. The fraction of sp³-hybridized carbons (Fsp3) is 0.174. The Hall–Kier alpha value is -3.72. The van der Waals surface area contributed by atoms with E-state index >= 15 is 0 Å². The Bertz CT molecular complexity index is 1720. The van der Waals surface area contributed by atoms with Crippen LogP contribution in [0, 0.1) is 6.92 Å². The average Bonchev–Trinajstić information content (AvgIpc) is 3.45. The second kappa shape index (κ2) is 10.2. The van der Waals surface area contributed by atoms with Crippen molar-refractivity contribution in [3.8, 4) is 5.75 Å². The highest BCUT2D eigenvalue weighted by molar-refractivity contribution is 8.00. The van der Waals surface area contributed by atoms with Gasteiger partial charge in [-0.15, -0.1) is 16.6 Å². The van der Waals surface area contributed by atoms with Crippen molar-refractivity contribution < 1.29 is 17.9 Å². The Labute approximate surface area is 225 Å². The van der Waals surface area contributed by atoms with Crippen LogP contribution < -0.4 is 15.1 Å². The van der Waals surface area contributed by atoms with Gasteiger partial charge in [0.25, 0.3) is 15.6 Å². The molecule has 1 unspecified atom stereocenters. The Morgan fingerprint density at radius 3 is 2.58 bits per heavy atom. The number of aromatic nitrogens is 4. The first-order chi connectivity index (χ1) is 18.2. The number of carbonyl (C=O) groups is 1. The van der Waals surface area contributed by atoms with Crippen LogP contribution in [0.3, 0.4) is 0 Å². The molecule has 2 aromatic carbocycles. The average molecular weight is 574 g/mol. The summed E-state index contributed by atoms with van der Waals surface area (Å²) in [7, 11) is -3.11. The van der Waals surface area contributed by atoms with Gasteiger partial charge in [0.1, 0.15) is 16.9 Å². The van der Waals surface area contributed by atoms with Gasteiger partial charge in [0.2, 0.25) is 11.7 Å². The number of aliphatic imine (C=N–C) groups is 1. The number of hydrogen-bond acceptors (Lipinski definition) is 9. The van der Waals surface area contributed by atoms with Crippen molar-refractivity contribution in [3.05, 3.63) is 80.9 Å². The molecule has 1 amide bonds. The van der Waals surface area contributed by atoms with Gasteiger partial charge in [-0.2, -0.15) is 10.1 Å². The number of nitrogens with one attached hydrogen (secondary N) is 2. The van der Waals surface area contributed by atoms with E-state index in [0.29, 0.717) is 21.9 Å². The van der Waals surface area contributed by atoms with Crippen LogP contribution in [0.5, 0.6) is 5.75 Å². The maximum atomic E-state index is 13.7. The van der Waals surface area contributed by atoms with E-state index in [1.165, 1.54) is 32.0 Å². The van der Waals surface area contributed by atoms with Crippen molar-refractivity contribution in [1.82, 2.24) is 29.4 Å². The number of halogens is 1. The number of aryl methyl sites for hydroxylation is 1. The third-order valence-corrected chi connectivity index (χ3v) is 8.42. The van der Waals surface area contributed by atoms with E-state index < -0.39 is 31.8 Å². The Kier molecular flexibility index (Phi) is 6.96. The lowest BCUT2D eigenvalue weighted by Gasteiger charge is -2.24. The van der Waals surface area contributed by atoms with E-state index in [-0.39, 0.29) is 23.2 Å². The van der Waals surface area contributed by atoms with Crippen molar-refractivity contribution in [3.63, 3.8) is 0 Å². The summed E-state index contributed by atoms with van der Waals surface area (Å²) in [4.78, 5) is 36.1. The molecule has 38 heavy (non-hydrogen) atoms. The number of benzene rings is 2. The summed E-state index contributed by atoms with van der Waals surface area (Å²) < 4.78 is 33.5. The van der Waals surface area contributed by atoms with Gasteiger partial charge in [-0.1, -0.05) is 23.7 Å². The number of fused-ring (bicyclic) bond motifs is 1. The highest BCUT2D eigenvalue weighted by Crippen LogP contribution is 2.38. The smallest absolute Gasteiger partial charge is 0.283 e. The highest BCUT2D eigenvalue weighted by Gasteiger charge is 2.38. The summed E-state index contributed by atoms with van der Waals surface area (Å²) in [5, 5.41) is 7.35. The van der Waals surface area contributed by atoms with E-state index in [1.54, 1.807) is 48.5 Å². The molecule has 196 valence electrons. The molecule has 1 aliphatic rings. The summed E-state index contributed by atoms with van der Waals surface area (Å²) >= 11 is 7.21. The fourth-order valence-corrected chi connectivity index (χ4v) is 6.29. The summed E-state index contributed by atoms with van der Waals surface area (Å²) in [6, 6.07) is 13.5. The summed E-state index contributed by atoms with van der Waals surface area (Å²) in [6.07, 6.45) is 1.37. The number of hydrogen-bond donors (Lipinski definition) is 2. The monoisotopic (exact) mass is 573 g/mol. The van der Waals surface area contributed by atoms with Gasteiger partial charge in [-0.3, -0.25) is 9.59 Å². The molecule has 0 radical (unpaired) electrons. The van der Waals surface area contributed by atoms with Crippen LogP contribution in [0.15, 0.2) is 63.2 Å². The highest BCUT2D eigenvalue weighted by atomic mass is 35.5. The first-order valence-corrected chi connectivity index (χ1v) is 14.0. The third kappa shape index (κ3) is 4.90. The second-order valence-corrected chi connectivity index (χ2v) is 11.2. The van der Waals surface area contributed by atoms with Crippen molar-refractivity contribution in [2.24, 2.45) is 4.99 Å². The van der Waals surface area contributed by atoms with Gasteiger partial charge < -0.3 is 4.74 Å². The number of carbonyl (C=O) groups excluding carboxylic acids is 1. The predicted octanol–water partition coefficient (Wildman–Crippen LogP) is 2.61. The topological polar surface area (TPSA) is 151 Å². The van der Waals surface area contributed by atoms with E-state index in [9.17, 15) is 18.0 Å². The number of methoxy groups -OCH3 is 1. The van der Waals surface area contributed by atoms with Gasteiger partial charge in [0, 0.05) is 11.2 Å². The molecular formula is C23H20ClN7O5S2. The molecule has 5 rings (SSSR count). The van der Waals surface area contributed by atoms with E-state index in [2.05, 4.69) is 25.0 Å². The Morgan fingerprint density at radius 2 is 1.89 bits per heavy atom. The van der Waals surface area contributed by atoms with Crippen molar-refractivity contribution in [2.45, 2.75) is 17.2 Å². The normalized spacial score (nSPS) is 16.1. The Balaban J connectivity index is 1.57. The van der Waals surface area contributed by atoms with Crippen LogP contribution in [0.4, 0.5) is 5.82 Å². The molecule has 4 aromatic rings. The van der Waals surface area contributed by atoms with Gasteiger partial charge >= 0.3 is 0 Å². The minimum absolute atomic E-state index is 0.0141. The molecule has 1 aliphatic heterocycles. The molecule has 0 aliphatic carbocycles. The van der Waals surface area contributed by atoms with Crippen LogP contribution in [-0.4, -0.2) is 58.0 Å². The van der Waals surface area contributed by atoms with Crippen molar-refractivity contribution >= 4 is 57.1 Å². The van der Waals surface area contributed by atoms with Crippen LogP contribution in [-0.2, 0) is 14.8 Å². The minimum atomic E-state index is -4.64. The van der Waals surface area contributed by atoms with E-state index in [0.717, 1.165) is 9.41 Å². The number of H-pyrrole nitrogens is 1. The molecule has 0 spiro atoms. The SMILES string of the molecule is COc1ccc(/C=N/c2nc3[nH]nc(C)n3c(=O)c2S(=O)(=O)NN2C(=O)CSC2c2ccc(Cl)cc2)cc1. The zero-order chi connectivity index (χ0) is 27.0. The maximum Gasteiger partial charge on any atom is 0.283 e. The predicted molar refractivity (Wildman–Crippen MR) is 142 cm³/mol. The zero-order valence-corrected chi connectivity index (χ0v) is 22.3. The number of nitrogens with zero attached hydrogens (tertiary/aromatic N) is 5. The molecule has 1 atom stereocenters. The van der Waals surface area contributed by atoms with Crippen LogP contribution in [0.25, 0.3) is 5.78 Å². The number of aromatic amines is 1. The second-order valence-electron chi connectivity index (χ2n) is 8.10. The molecule has 1 fully saturated rings. The van der Waals surface area contributed by atoms with Crippen molar-refractivity contribution in [1.29, 1.82) is 0 Å². The Morgan fingerprint density at radius 1 is 1.18 bits per heavy atom. The first kappa shape index (κ1) is 25.9. The standard InChI is InChI=1S/C23H20ClN7O5S2/c1-13-27-28-23-26-20(25-11-14-3-9-17(36-2)10-4-14)19(21(33)30(13)23)38(34,35)29-31-18(32)12-37-22(31)15-5-7-16(24)8-6-15/h3-11,22,29H,12H2,1-2H3,(H,26,28)/b25-11+. The van der Waals surface area contributed by atoms with E-state index in [4.69, 9.17) is 16.3 Å². The van der Waals surface area contributed by atoms with Gasteiger partial charge in [0.15, 0.2) is 10.7 Å². The van der Waals surface area contributed by atoms with Crippen LogP contribution in [0.1, 0.15) is 22.3 Å². The molecule has 1 saturated heterocycles. The van der Waals surface area contributed by atoms with Crippen molar-refractivity contribution in [2.75, 3.05) is 12.9 Å². The van der Waals surface area contributed by atoms with Gasteiger partial charge in [0.05, 0.1) is 12.9 Å². The first-order valence-electron chi connectivity index (χ1n) is 11.1. The number of amides is 1. The summed E-state index contributed by atoms with van der Waals surface area (Å²) in [6.45, 7) is 1.52. The van der Waals surface area contributed by atoms with Crippen LogP contribution in [0.2, 0.25) is 5.02 Å². The molecule has 2 aromatic heterocycles. The molecule has 0 saturated carbocycles. The summed E-state index contributed by atoms with van der Waals surface area (Å²) in [5.41, 5.74) is 0.346. The van der Waals surface area contributed by atoms with Gasteiger partial charge in [-0.25, -0.2) is 27.9 Å². The van der Waals surface area contributed by atoms with Gasteiger partial charge in [-0.05, 0) is 54.4 Å². The zero-order valence-electron chi connectivity index (χ0n) is 20.0. The fourth-order valence-electron chi connectivity index (χ4n) is 3.77. The molecule has 15 heteroatoms. The third-order valence-electron chi connectivity index (χ3n) is 5.63. The molecule has 0 bridgehead atoms. The number of thioether (sulfide) groups is 1.